The molecule has 0 amide bonds. The molecule has 0 fully saturated rings. The first kappa shape index (κ1) is 27.4. The van der Waals surface area contributed by atoms with E-state index in [1.54, 1.807) is 19.1 Å². The van der Waals surface area contributed by atoms with Crippen LogP contribution in [-0.4, -0.2) is 20.7 Å². The van der Waals surface area contributed by atoms with Crippen molar-refractivity contribution in [1.29, 1.82) is 0 Å². The molecule has 0 bridgehead atoms. The number of carbonyl (C=O) groups excluding carboxylic acids is 1. The van der Waals surface area contributed by atoms with E-state index in [0.29, 0.717) is 5.56 Å². The highest BCUT2D eigenvalue weighted by atomic mass is 19.1. The summed E-state index contributed by atoms with van der Waals surface area (Å²) in [6.45, 7) is 11.8. The Morgan fingerprint density at radius 1 is 0.675 bits per heavy atom. The Morgan fingerprint density at radius 3 is 1.52 bits per heavy atom. The molecule has 5 rings (SSSR count). The van der Waals surface area contributed by atoms with E-state index in [1.165, 1.54) is 35.4 Å². The number of rotatable bonds is 8. The van der Waals surface area contributed by atoms with E-state index in [4.69, 9.17) is 0 Å². The third-order valence-corrected chi connectivity index (χ3v) is 8.15. The Kier molecular flexibility index (Phi) is 7.37. The fourth-order valence-electron chi connectivity index (χ4n) is 6.31. The zero-order valence-corrected chi connectivity index (χ0v) is 23.8. The van der Waals surface area contributed by atoms with Gasteiger partial charge < -0.3 is 15.0 Å². The number of Topliss-reactive ketones (excluding diaryl/α,β-unsaturated/α-hetero) is 1. The Morgan fingerprint density at radius 2 is 1.12 bits per heavy atom. The molecule has 0 saturated heterocycles. The van der Waals surface area contributed by atoms with Crippen LogP contribution < -0.4 is 0 Å². The number of aryl methyl sites for hydroxylation is 2. The molecule has 3 N–H and O–H groups in total. The van der Waals surface area contributed by atoms with Gasteiger partial charge in [-0.25, -0.2) is 8.78 Å². The molecule has 4 nitrogen and oxygen atoms in total. The summed E-state index contributed by atoms with van der Waals surface area (Å²) in [5.41, 5.74) is 11.7. The molecule has 40 heavy (non-hydrogen) atoms. The summed E-state index contributed by atoms with van der Waals surface area (Å²) in [5.74, 6) is -1.05. The number of halogens is 2. The summed E-state index contributed by atoms with van der Waals surface area (Å²) in [7, 11) is 0. The lowest BCUT2D eigenvalue weighted by molar-refractivity contribution is 0.101. The molecule has 0 saturated carbocycles. The monoisotopic (exact) mass is 539 g/mol. The van der Waals surface area contributed by atoms with Crippen LogP contribution in [0.4, 0.5) is 8.78 Å². The number of H-pyrrole nitrogens is 3. The molecular weight excluding hydrogens is 504 g/mol. The van der Waals surface area contributed by atoms with Gasteiger partial charge in [0.15, 0.2) is 5.78 Å². The number of carbonyl (C=O) groups is 1. The van der Waals surface area contributed by atoms with Crippen LogP contribution >= 0.6 is 0 Å². The van der Waals surface area contributed by atoms with Crippen molar-refractivity contribution in [2.24, 2.45) is 0 Å². The van der Waals surface area contributed by atoms with Crippen LogP contribution in [0, 0.1) is 39.3 Å². The van der Waals surface area contributed by atoms with Gasteiger partial charge in [0.05, 0.1) is 11.8 Å². The second kappa shape index (κ2) is 10.8. The average molecular weight is 540 g/mol. The lowest BCUT2D eigenvalue weighted by atomic mass is 9.89. The minimum absolute atomic E-state index is 0.00298. The van der Waals surface area contributed by atoms with E-state index in [2.05, 4.69) is 47.9 Å². The van der Waals surface area contributed by atoms with Crippen LogP contribution in [-0.2, 0) is 6.42 Å². The molecule has 3 heterocycles. The number of aromatic nitrogens is 3. The first-order valence-corrected chi connectivity index (χ1v) is 13.7. The van der Waals surface area contributed by atoms with Gasteiger partial charge >= 0.3 is 0 Å². The van der Waals surface area contributed by atoms with Gasteiger partial charge in [0.25, 0.3) is 0 Å². The third-order valence-electron chi connectivity index (χ3n) is 8.15. The number of nitrogens with one attached hydrogen (secondary N) is 3. The van der Waals surface area contributed by atoms with Crippen LogP contribution in [0.3, 0.4) is 0 Å². The first-order valence-electron chi connectivity index (χ1n) is 13.7. The van der Waals surface area contributed by atoms with Gasteiger partial charge in [0, 0.05) is 39.7 Å². The zero-order valence-electron chi connectivity index (χ0n) is 23.8. The quantitative estimate of drug-likeness (QED) is 0.171. The van der Waals surface area contributed by atoms with Gasteiger partial charge in [-0.15, -0.1) is 0 Å². The van der Waals surface area contributed by atoms with Crippen LogP contribution in [0.15, 0.2) is 60.7 Å². The molecule has 0 radical (unpaired) electrons. The lowest BCUT2D eigenvalue weighted by Crippen LogP contribution is -2.09. The fourth-order valence-corrected chi connectivity index (χ4v) is 6.31. The van der Waals surface area contributed by atoms with E-state index < -0.39 is 0 Å². The van der Waals surface area contributed by atoms with E-state index in [1.807, 2.05) is 26.0 Å². The highest BCUT2D eigenvalue weighted by molar-refractivity contribution is 5.97. The maximum Gasteiger partial charge on any atom is 0.161 e. The normalized spacial score (nSPS) is 13.0. The topological polar surface area (TPSA) is 64.4 Å². The van der Waals surface area contributed by atoms with Crippen LogP contribution in [0.1, 0.15) is 98.0 Å². The van der Waals surface area contributed by atoms with Gasteiger partial charge in [-0.2, -0.15) is 0 Å². The van der Waals surface area contributed by atoms with Crippen LogP contribution in [0.5, 0.6) is 0 Å². The van der Waals surface area contributed by atoms with Crippen molar-refractivity contribution in [3.8, 4) is 0 Å². The maximum absolute atomic E-state index is 13.9. The molecule has 0 spiro atoms. The highest BCUT2D eigenvalue weighted by Crippen LogP contribution is 2.39. The van der Waals surface area contributed by atoms with Crippen molar-refractivity contribution in [2.45, 2.75) is 59.8 Å². The van der Waals surface area contributed by atoms with E-state index in [0.717, 1.165) is 57.3 Å². The summed E-state index contributed by atoms with van der Waals surface area (Å²) in [4.78, 5) is 23.2. The SMILES string of the molecule is CCc1c(C)[nH]c(C(c2ccc(F)cc2)c2ccc(C(c3ccc(F)cc3)c3[nH]c(C)c(C(C)=O)c3C)[nH]2)c1C. The zero-order chi connectivity index (χ0) is 28.7. The van der Waals surface area contributed by atoms with Crippen molar-refractivity contribution < 1.29 is 13.6 Å². The number of hydrogen-bond donors (Lipinski definition) is 3. The number of aromatic amines is 3. The summed E-state index contributed by atoms with van der Waals surface area (Å²) in [6.07, 6.45) is 0.914. The largest absolute Gasteiger partial charge is 0.361 e. The molecule has 206 valence electrons. The molecule has 0 aliphatic rings. The molecule has 6 heteroatoms. The molecule has 3 aromatic heterocycles. The summed E-state index contributed by atoms with van der Waals surface area (Å²) in [6, 6.07) is 17.3. The summed E-state index contributed by atoms with van der Waals surface area (Å²) < 4.78 is 27.9. The Labute approximate surface area is 233 Å². The van der Waals surface area contributed by atoms with E-state index in [-0.39, 0.29) is 29.3 Å². The summed E-state index contributed by atoms with van der Waals surface area (Å²) >= 11 is 0. The number of benzene rings is 2. The maximum atomic E-state index is 13.9. The van der Waals surface area contributed by atoms with Crippen molar-refractivity contribution >= 4 is 5.78 Å². The highest BCUT2D eigenvalue weighted by Gasteiger charge is 2.29. The second-order valence-electron chi connectivity index (χ2n) is 10.7. The summed E-state index contributed by atoms with van der Waals surface area (Å²) in [5, 5.41) is 0. The van der Waals surface area contributed by atoms with Gasteiger partial charge in [0.1, 0.15) is 11.6 Å². The van der Waals surface area contributed by atoms with Crippen molar-refractivity contribution in [2.75, 3.05) is 0 Å². The Bertz CT molecular complexity index is 1670. The predicted molar refractivity (Wildman–Crippen MR) is 155 cm³/mol. The van der Waals surface area contributed by atoms with Gasteiger partial charge in [-0.3, -0.25) is 4.79 Å². The molecule has 5 aromatic rings. The molecular formula is C34H35F2N3O. The average Bonchev–Trinajstić information content (AvgIpc) is 3.58. The predicted octanol–water partition coefficient (Wildman–Crippen LogP) is 8.31. The van der Waals surface area contributed by atoms with Crippen molar-refractivity contribution in [3.05, 3.63) is 140 Å². The molecule has 2 atom stereocenters. The van der Waals surface area contributed by atoms with Gasteiger partial charge in [-0.05, 0) is 105 Å². The minimum atomic E-state index is -0.306. The standard InChI is InChI=1S/C34H35F2N3O/c1-7-27-18(2)33(37-20(27)4)31(23-8-12-25(35)13-9-23)28-16-17-29(39-28)32(24-10-14-26(36)15-11-24)34-19(3)30(22(6)40)21(5)38-34/h8-17,31-32,37-39H,7H2,1-6H3. The Hall–Kier alpha value is -4.19. The van der Waals surface area contributed by atoms with E-state index in [9.17, 15) is 13.6 Å². The molecule has 0 aliphatic heterocycles. The van der Waals surface area contributed by atoms with Gasteiger partial charge in [0.2, 0.25) is 0 Å². The smallest absolute Gasteiger partial charge is 0.161 e. The van der Waals surface area contributed by atoms with E-state index >= 15 is 0 Å². The van der Waals surface area contributed by atoms with Crippen LogP contribution in [0.25, 0.3) is 0 Å². The molecule has 2 aromatic carbocycles. The first-order chi connectivity index (χ1) is 19.1. The molecule has 0 aliphatic carbocycles. The minimum Gasteiger partial charge on any atom is -0.361 e. The third kappa shape index (κ3) is 4.83. The van der Waals surface area contributed by atoms with Crippen molar-refractivity contribution in [1.82, 2.24) is 15.0 Å². The fraction of sp³-hybridized carbons (Fsp3) is 0.265. The second-order valence-corrected chi connectivity index (χ2v) is 10.7. The molecule has 2 unspecified atom stereocenters. The van der Waals surface area contributed by atoms with Crippen molar-refractivity contribution in [3.63, 3.8) is 0 Å². The number of ketones is 1. The Balaban J connectivity index is 1.69. The number of hydrogen-bond acceptors (Lipinski definition) is 1. The van der Waals surface area contributed by atoms with Gasteiger partial charge in [-0.1, -0.05) is 31.2 Å². The lowest BCUT2D eigenvalue weighted by Gasteiger charge is -2.20. The van der Waals surface area contributed by atoms with Crippen LogP contribution in [0.2, 0.25) is 0 Å².